The Morgan fingerprint density at radius 3 is 2.43 bits per heavy atom. The van der Waals surface area contributed by atoms with E-state index in [-0.39, 0.29) is 5.91 Å². The van der Waals surface area contributed by atoms with Crippen molar-refractivity contribution in [3.63, 3.8) is 0 Å². The number of nitrogens with zero attached hydrogens (tertiary/aromatic N) is 4. The van der Waals surface area contributed by atoms with E-state index in [1.165, 1.54) is 24.1 Å². The van der Waals surface area contributed by atoms with E-state index in [0.717, 1.165) is 83.4 Å². The normalized spacial score (nSPS) is 24.8. The summed E-state index contributed by atoms with van der Waals surface area (Å²) in [7, 11) is 0. The number of amides is 1. The molecule has 6 heteroatoms. The molecule has 1 atom stereocenters. The summed E-state index contributed by atoms with van der Waals surface area (Å²) in [6, 6.07) is 0.511. The first-order chi connectivity index (χ1) is 13.7. The summed E-state index contributed by atoms with van der Waals surface area (Å²) in [6.45, 7) is 7.18. The molecule has 6 nitrogen and oxygen atoms in total. The minimum atomic E-state index is 0.157. The number of aromatic nitrogens is 2. The van der Waals surface area contributed by atoms with Crippen molar-refractivity contribution in [3.05, 3.63) is 17.0 Å². The molecule has 1 N–H and O–H groups in total. The number of carbonyl (C=O) groups is 1. The van der Waals surface area contributed by atoms with E-state index >= 15 is 0 Å². The molecule has 1 amide bonds. The average Bonchev–Trinajstić information content (AvgIpc) is 2.90. The van der Waals surface area contributed by atoms with Gasteiger partial charge in [-0.3, -0.25) is 9.48 Å². The lowest BCUT2D eigenvalue weighted by atomic mass is 9.87. The van der Waals surface area contributed by atoms with Gasteiger partial charge in [0.25, 0.3) is 5.91 Å². The maximum atomic E-state index is 13.3. The molecule has 0 spiro atoms. The third-order valence-corrected chi connectivity index (χ3v) is 7.14. The second-order valence-corrected chi connectivity index (χ2v) is 8.85. The van der Waals surface area contributed by atoms with Gasteiger partial charge in [0.15, 0.2) is 5.69 Å². The van der Waals surface area contributed by atoms with E-state index < -0.39 is 0 Å². The van der Waals surface area contributed by atoms with Gasteiger partial charge in [-0.15, -0.1) is 0 Å². The molecule has 0 radical (unpaired) electrons. The van der Waals surface area contributed by atoms with Crippen molar-refractivity contribution in [3.8, 4) is 0 Å². The molecule has 0 unspecified atom stereocenters. The fourth-order valence-electron chi connectivity index (χ4n) is 5.34. The molecule has 28 heavy (non-hydrogen) atoms. The standard InChI is InChI=1S/C22H36N4O2/c1-2-26-20-8-7-18(24-13-9-17(16-27)10-14-24)15-19(20)21(23-26)22(28)25-11-5-3-4-6-12-25/h17-18,27H,2-16H2,1H3/t18-/m0/s1. The molecule has 3 aliphatic rings. The Labute approximate surface area is 168 Å². The third kappa shape index (κ3) is 3.99. The van der Waals surface area contributed by atoms with Crippen molar-refractivity contribution in [1.29, 1.82) is 0 Å². The number of aryl methyl sites for hydroxylation is 1. The minimum Gasteiger partial charge on any atom is -0.396 e. The van der Waals surface area contributed by atoms with Crippen LogP contribution in [0.1, 0.15) is 73.6 Å². The first kappa shape index (κ1) is 19.9. The van der Waals surface area contributed by atoms with Gasteiger partial charge >= 0.3 is 0 Å². The summed E-state index contributed by atoms with van der Waals surface area (Å²) in [6.07, 6.45) is 10.0. The maximum Gasteiger partial charge on any atom is 0.274 e. The highest BCUT2D eigenvalue weighted by atomic mass is 16.3. The number of fused-ring (bicyclic) bond motifs is 1. The monoisotopic (exact) mass is 388 g/mol. The first-order valence-corrected chi connectivity index (χ1v) is 11.4. The van der Waals surface area contributed by atoms with E-state index in [4.69, 9.17) is 5.10 Å². The average molecular weight is 389 g/mol. The zero-order chi connectivity index (χ0) is 19.5. The van der Waals surface area contributed by atoms with Crippen molar-refractivity contribution in [1.82, 2.24) is 19.6 Å². The lowest BCUT2D eigenvalue weighted by Gasteiger charge is -2.39. The highest BCUT2D eigenvalue weighted by Gasteiger charge is 2.34. The van der Waals surface area contributed by atoms with Gasteiger partial charge in [0.1, 0.15) is 0 Å². The molecule has 0 aromatic carbocycles. The number of piperidine rings is 1. The van der Waals surface area contributed by atoms with Crippen LogP contribution < -0.4 is 0 Å². The number of likely N-dealkylation sites (tertiary alicyclic amines) is 2. The molecule has 3 heterocycles. The Bertz CT molecular complexity index is 670. The zero-order valence-electron chi connectivity index (χ0n) is 17.4. The molecule has 2 saturated heterocycles. The minimum absolute atomic E-state index is 0.157. The summed E-state index contributed by atoms with van der Waals surface area (Å²) in [4.78, 5) is 18.0. The smallest absolute Gasteiger partial charge is 0.274 e. The maximum absolute atomic E-state index is 13.3. The van der Waals surface area contributed by atoms with Crippen LogP contribution in [0.3, 0.4) is 0 Å². The Balaban J connectivity index is 1.52. The second kappa shape index (κ2) is 8.95. The fourth-order valence-corrected chi connectivity index (χ4v) is 5.34. The number of hydrogen-bond donors (Lipinski definition) is 1. The van der Waals surface area contributed by atoms with Crippen molar-refractivity contribution in [2.24, 2.45) is 5.92 Å². The summed E-state index contributed by atoms with van der Waals surface area (Å²) in [5.41, 5.74) is 3.24. The van der Waals surface area contributed by atoms with Crippen molar-refractivity contribution in [2.45, 2.75) is 77.3 Å². The number of rotatable bonds is 4. The van der Waals surface area contributed by atoms with Crippen LogP contribution >= 0.6 is 0 Å². The fraction of sp³-hybridized carbons (Fsp3) is 0.818. The zero-order valence-corrected chi connectivity index (χ0v) is 17.4. The van der Waals surface area contributed by atoms with Gasteiger partial charge in [-0.05, 0) is 70.9 Å². The Morgan fingerprint density at radius 1 is 1.07 bits per heavy atom. The van der Waals surface area contributed by atoms with Gasteiger partial charge in [-0.1, -0.05) is 12.8 Å². The molecule has 4 rings (SSSR count). The van der Waals surface area contributed by atoms with Gasteiger partial charge in [0.05, 0.1) is 0 Å². The predicted octanol–water partition coefficient (Wildman–Crippen LogP) is 2.48. The quantitative estimate of drug-likeness (QED) is 0.861. The van der Waals surface area contributed by atoms with Crippen molar-refractivity contribution in [2.75, 3.05) is 32.8 Å². The summed E-state index contributed by atoms with van der Waals surface area (Å²) < 4.78 is 2.08. The van der Waals surface area contributed by atoms with Gasteiger partial charge in [-0.2, -0.15) is 5.10 Å². The highest BCUT2D eigenvalue weighted by molar-refractivity contribution is 5.94. The lowest BCUT2D eigenvalue weighted by Crippen LogP contribution is -2.45. The summed E-state index contributed by atoms with van der Waals surface area (Å²) >= 11 is 0. The molecular formula is C22H36N4O2. The SMILES string of the molecule is CCn1nc(C(=O)N2CCCCCC2)c2c1CC[C@H](N1CCC(CO)CC1)C2. The largest absolute Gasteiger partial charge is 0.396 e. The van der Waals surface area contributed by atoms with Crippen LogP contribution in [0.25, 0.3) is 0 Å². The first-order valence-electron chi connectivity index (χ1n) is 11.4. The van der Waals surface area contributed by atoms with E-state index in [9.17, 15) is 9.90 Å². The van der Waals surface area contributed by atoms with Gasteiger partial charge in [-0.25, -0.2) is 0 Å². The Kier molecular flexibility index (Phi) is 6.36. The van der Waals surface area contributed by atoms with Crippen LogP contribution in [0.4, 0.5) is 0 Å². The summed E-state index contributed by atoms with van der Waals surface area (Å²) in [5, 5.41) is 14.2. The summed E-state index contributed by atoms with van der Waals surface area (Å²) in [5.74, 6) is 0.628. The molecular weight excluding hydrogens is 352 g/mol. The van der Waals surface area contributed by atoms with Gasteiger partial charge in [0.2, 0.25) is 0 Å². The Hall–Kier alpha value is -1.40. The lowest BCUT2D eigenvalue weighted by molar-refractivity contribution is 0.0750. The van der Waals surface area contributed by atoms with Crippen LogP contribution in [0.15, 0.2) is 0 Å². The Morgan fingerprint density at radius 2 is 1.79 bits per heavy atom. The van der Waals surface area contributed by atoms with Crippen LogP contribution in [-0.2, 0) is 19.4 Å². The molecule has 2 aliphatic heterocycles. The van der Waals surface area contributed by atoms with E-state index in [0.29, 0.717) is 18.6 Å². The number of hydrogen-bond acceptors (Lipinski definition) is 4. The van der Waals surface area contributed by atoms with Crippen molar-refractivity contribution >= 4 is 5.91 Å². The highest BCUT2D eigenvalue weighted by Crippen LogP contribution is 2.31. The van der Waals surface area contributed by atoms with Gasteiger partial charge in [0, 0.05) is 43.5 Å². The molecule has 156 valence electrons. The third-order valence-electron chi connectivity index (χ3n) is 7.14. The molecule has 0 bridgehead atoms. The molecule has 2 fully saturated rings. The van der Waals surface area contributed by atoms with Crippen molar-refractivity contribution < 1.29 is 9.90 Å². The molecule has 1 aromatic heterocycles. The van der Waals surface area contributed by atoms with Gasteiger partial charge < -0.3 is 14.9 Å². The van der Waals surface area contributed by atoms with E-state index in [1.54, 1.807) is 0 Å². The van der Waals surface area contributed by atoms with E-state index in [1.807, 2.05) is 4.90 Å². The topological polar surface area (TPSA) is 61.6 Å². The number of carbonyl (C=O) groups excluding carboxylic acids is 1. The molecule has 1 aliphatic carbocycles. The van der Waals surface area contributed by atoms with Crippen LogP contribution in [-0.4, -0.2) is 69.4 Å². The number of aliphatic hydroxyl groups excluding tert-OH is 1. The number of aliphatic hydroxyl groups is 1. The molecule has 0 saturated carbocycles. The van der Waals surface area contributed by atoms with E-state index in [2.05, 4.69) is 16.5 Å². The predicted molar refractivity (Wildman–Crippen MR) is 109 cm³/mol. The second-order valence-electron chi connectivity index (χ2n) is 8.85. The molecule has 1 aromatic rings. The van der Waals surface area contributed by atoms with Crippen LogP contribution in [0.5, 0.6) is 0 Å². The van der Waals surface area contributed by atoms with Crippen LogP contribution in [0.2, 0.25) is 0 Å². The van der Waals surface area contributed by atoms with Crippen LogP contribution in [0, 0.1) is 5.92 Å².